The average Bonchev–Trinajstić information content (AvgIpc) is 2.65. The smallest absolute Gasteiger partial charge is 0.253 e. The van der Waals surface area contributed by atoms with Crippen LogP contribution in [0.25, 0.3) is 0 Å². The maximum Gasteiger partial charge on any atom is 0.253 e. The van der Waals surface area contributed by atoms with Crippen molar-refractivity contribution in [2.24, 2.45) is 0 Å². The molecule has 6 heteroatoms. The second-order valence-electron chi connectivity index (χ2n) is 6.02. The second-order valence-corrected chi connectivity index (χ2v) is 6.45. The summed E-state index contributed by atoms with van der Waals surface area (Å²) in [6, 6.07) is 13.1. The number of likely N-dealkylation sites (N-methyl/N-ethyl adjacent to an activating group) is 1. The molecule has 2 atom stereocenters. The van der Waals surface area contributed by atoms with Gasteiger partial charge in [0.05, 0.1) is 12.6 Å². The Morgan fingerprint density at radius 2 is 1.80 bits per heavy atom. The van der Waals surface area contributed by atoms with Gasteiger partial charge >= 0.3 is 0 Å². The fourth-order valence-electron chi connectivity index (χ4n) is 3.01. The van der Waals surface area contributed by atoms with Crippen molar-refractivity contribution in [1.82, 2.24) is 10.2 Å². The van der Waals surface area contributed by atoms with Crippen LogP contribution in [0.2, 0.25) is 5.02 Å². The highest BCUT2D eigenvalue weighted by atomic mass is 35.5. The number of halogens is 2. The van der Waals surface area contributed by atoms with E-state index in [1.165, 1.54) is 12.1 Å². The first-order valence-corrected chi connectivity index (χ1v) is 8.54. The van der Waals surface area contributed by atoms with E-state index in [1.807, 2.05) is 12.1 Å². The number of nitrogens with one attached hydrogen (secondary N) is 1. The molecule has 2 aromatic rings. The lowest BCUT2D eigenvalue weighted by Crippen LogP contribution is -2.49. The lowest BCUT2D eigenvalue weighted by Gasteiger charge is -2.33. The zero-order chi connectivity index (χ0) is 17.8. The van der Waals surface area contributed by atoms with Gasteiger partial charge in [-0.05, 0) is 35.4 Å². The molecule has 2 unspecified atom stereocenters. The Kier molecular flexibility index (Phi) is 5.68. The summed E-state index contributed by atoms with van der Waals surface area (Å²) in [6.45, 7) is 1.73. The van der Waals surface area contributed by atoms with Gasteiger partial charge in [-0.2, -0.15) is 0 Å². The number of rotatable bonds is 4. The number of amides is 1. The van der Waals surface area contributed by atoms with Gasteiger partial charge < -0.3 is 15.0 Å². The van der Waals surface area contributed by atoms with E-state index in [9.17, 15) is 9.18 Å². The Balaban J connectivity index is 1.93. The summed E-state index contributed by atoms with van der Waals surface area (Å²) in [6.07, 6.45) is -0.519. The van der Waals surface area contributed by atoms with Crippen molar-refractivity contribution in [3.63, 3.8) is 0 Å². The summed E-state index contributed by atoms with van der Waals surface area (Å²) in [5.74, 6) is -0.427. The summed E-state index contributed by atoms with van der Waals surface area (Å²) in [7, 11) is 1.74. The van der Waals surface area contributed by atoms with E-state index in [0.29, 0.717) is 18.2 Å². The van der Waals surface area contributed by atoms with Crippen molar-refractivity contribution in [2.45, 2.75) is 12.1 Å². The third-order valence-corrected chi connectivity index (χ3v) is 4.56. The number of morpholine rings is 1. The van der Waals surface area contributed by atoms with E-state index in [4.69, 9.17) is 16.3 Å². The summed E-state index contributed by atoms with van der Waals surface area (Å²) in [5, 5.41) is 3.79. The average molecular weight is 363 g/mol. The quantitative estimate of drug-likeness (QED) is 0.909. The molecule has 1 aliphatic rings. The van der Waals surface area contributed by atoms with Gasteiger partial charge in [-0.15, -0.1) is 0 Å². The van der Waals surface area contributed by atoms with E-state index >= 15 is 0 Å². The lowest BCUT2D eigenvalue weighted by atomic mass is 9.97. The van der Waals surface area contributed by atoms with Gasteiger partial charge in [-0.25, -0.2) is 4.39 Å². The zero-order valence-corrected chi connectivity index (χ0v) is 14.7. The Hall–Kier alpha value is -1.95. The lowest BCUT2D eigenvalue weighted by molar-refractivity contribution is -0.145. The minimum Gasteiger partial charge on any atom is -0.366 e. The third kappa shape index (κ3) is 4.18. The molecule has 0 saturated carbocycles. The standard InChI is InChI=1S/C19H20ClFN2O2/c1-23(19(24)17-12-22-10-11-25-17)18(13-2-6-15(20)7-3-13)14-4-8-16(21)9-5-14/h2-9,17-18,22H,10-12H2,1H3. The first-order chi connectivity index (χ1) is 12.1. The molecule has 25 heavy (non-hydrogen) atoms. The van der Waals surface area contributed by atoms with Gasteiger partial charge in [-0.3, -0.25) is 4.79 Å². The largest absolute Gasteiger partial charge is 0.366 e. The summed E-state index contributed by atoms with van der Waals surface area (Å²) in [4.78, 5) is 14.5. The Labute approximate surface area is 151 Å². The second kappa shape index (κ2) is 7.95. The number of benzene rings is 2. The van der Waals surface area contributed by atoms with Crippen molar-refractivity contribution in [3.8, 4) is 0 Å². The van der Waals surface area contributed by atoms with Gasteiger partial charge in [0.2, 0.25) is 0 Å². The zero-order valence-electron chi connectivity index (χ0n) is 13.9. The molecule has 1 aliphatic heterocycles. The highest BCUT2D eigenvalue weighted by Crippen LogP contribution is 2.29. The third-order valence-electron chi connectivity index (χ3n) is 4.31. The molecule has 0 spiro atoms. The SMILES string of the molecule is CN(C(=O)C1CNCCO1)C(c1ccc(F)cc1)c1ccc(Cl)cc1. The predicted molar refractivity (Wildman–Crippen MR) is 95.1 cm³/mol. The molecular formula is C19H20ClFN2O2. The fourth-order valence-corrected chi connectivity index (χ4v) is 3.13. The van der Waals surface area contributed by atoms with Crippen LogP contribution >= 0.6 is 11.6 Å². The van der Waals surface area contributed by atoms with Crippen molar-refractivity contribution in [1.29, 1.82) is 0 Å². The van der Waals surface area contributed by atoms with Gasteiger partial charge in [0, 0.05) is 25.2 Å². The number of nitrogens with zero attached hydrogens (tertiary/aromatic N) is 1. The molecule has 0 aromatic heterocycles. The predicted octanol–water partition coefficient (Wildman–Crippen LogP) is 3.02. The molecule has 2 aromatic carbocycles. The number of carbonyl (C=O) groups excluding carboxylic acids is 1. The molecule has 0 aliphatic carbocycles. The van der Waals surface area contributed by atoms with Crippen LogP contribution in [0.15, 0.2) is 48.5 Å². The maximum atomic E-state index is 13.3. The minimum atomic E-state index is -0.519. The summed E-state index contributed by atoms with van der Waals surface area (Å²) >= 11 is 5.99. The van der Waals surface area contributed by atoms with Crippen molar-refractivity contribution < 1.29 is 13.9 Å². The van der Waals surface area contributed by atoms with E-state index in [0.717, 1.165) is 17.7 Å². The van der Waals surface area contributed by atoms with Gasteiger partial charge in [0.15, 0.2) is 0 Å². The van der Waals surface area contributed by atoms with Crippen molar-refractivity contribution >= 4 is 17.5 Å². The van der Waals surface area contributed by atoms with Crippen LogP contribution in [0.3, 0.4) is 0 Å². The number of hydrogen-bond donors (Lipinski definition) is 1. The Morgan fingerprint density at radius 3 is 2.36 bits per heavy atom. The monoisotopic (exact) mass is 362 g/mol. The molecule has 1 amide bonds. The highest BCUT2D eigenvalue weighted by Gasteiger charge is 2.30. The first-order valence-electron chi connectivity index (χ1n) is 8.16. The number of hydrogen-bond acceptors (Lipinski definition) is 3. The van der Waals surface area contributed by atoms with Crippen LogP contribution in [-0.2, 0) is 9.53 Å². The summed E-state index contributed by atoms with van der Waals surface area (Å²) in [5.41, 5.74) is 1.72. The van der Waals surface area contributed by atoms with Crippen molar-refractivity contribution in [2.75, 3.05) is 26.7 Å². The molecule has 0 radical (unpaired) electrons. The van der Waals surface area contributed by atoms with Crippen LogP contribution in [0.1, 0.15) is 17.2 Å². The van der Waals surface area contributed by atoms with E-state index in [1.54, 1.807) is 36.2 Å². The van der Waals surface area contributed by atoms with Crippen LogP contribution in [-0.4, -0.2) is 43.7 Å². The van der Waals surface area contributed by atoms with Gasteiger partial charge in [0.25, 0.3) is 5.91 Å². The molecule has 0 bridgehead atoms. The molecule has 1 fully saturated rings. The highest BCUT2D eigenvalue weighted by molar-refractivity contribution is 6.30. The van der Waals surface area contributed by atoms with E-state index in [-0.39, 0.29) is 17.8 Å². The number of carbonyl (C=O) groups is 1. The normalized spacial score (nSPS) is 18.6. The van der Waals surface area contributed by atoms with Crippen LogP contribution in [0.5, 0.6) is 0 Å². The van der Waals surface area contributed by atoms with Gasteiger partial charge in [-0.1, -0.05) is 35.9 Å². The van der Waals surface area contributed by atoms with E-state index in [2.05, 4.69) is 5.32 Å². The number of ether oxygens (including phenoxy) is 1. The molecule has 1 heterocycles. The maximum absolute atomic E-state index is 13.3. The topological polar surface area (TPSA) is 41.6 Å². The first kappa shape index (κ1) is 17.9. The molecule has 3 rings (SSSR count). The van der Waals surface area contributed by atoms with E-state index < -0.39 is 6.10 Å². The molecular weight excluding hydrogens is 343 g/mol. The van der Waals surface area contributed by atoms with Crippen LogP contribution in [0.4, 0.5) is 4.39 Å². The Morgan fingerprint density at radius 1 is 1.20 bits per heavy atom. The van der Waals surface area contributed by atoms with Crippen LogP contribution in [0, 0.1) is 5.82 Å². The molecule has 132 valence electrons. The van der Waals surface area contributed by atoms with Crippen molar-refractivity contribution in [3.05, 3.63) is 70.5 Å². The van der Waals surface area contributed by atoms with Crippen LogP contribution < -0.4 is 5.32 Å². The van der Waals surface area contributed by atoms with Gasteiger partial charge in [0.1, 0.15) is 11.9 Å². The fraction of sp³-hybridized carbons (Fsp3) is 0.316. The molecule has 1 N–H and O–H groups in total. The minimum absolute atomic E-state index is 0.114. The Bertz CT molecular complexity index is 670. The molecule has 4 nitrogen and oxygen atoms in total. The summed E-state index contributed by atoms with van der Waals surface area (Å²) < 4.78 is 18.9. The molecule has 1 saturated heterocycles.